The Hall–Kier alpha value is -6.64. The summed E-state index contributed by atoms with van der Waals surface area (Å²) in [6, 6.07) is 64.7. The maximum absolute atomic E-state index is 6.46. The molecule has 0 saturated carbocycles. The number of benzene rings is 8. The number of hydrogen-bond donors (Lipinski definition) is 0. The van der Waals surface area contributed by atoms with E-state index in [0.717, 1.165) is 47.0 Å². The van der Waals surface area contributed by atoms with E-state index in [1.165, 1.54) is 77.4 Å². The zero-order valence-electron chi connectivity index (χ0n) is 30.3. The lowest BCUT2D eigenvalue weighted by atomic mass is 9.68. The zero-order valence-corrected chi connectivity index (χ0v) is 30.3. The van der Waals surface area contributed by atoms with Crippen molar-refractivity contribution in [3.8, 4) is 22.3 Å². The van der Waals surface area contributed by atoms with Gasteiger partial charge in [-0.05, 0) is 111 Å². The fourth-order valence-corrected chi connectivity index (χ4v) is 10.5. The van der Waals surface area contributed by atoms with E-state index in [4.69, 9.17) is 8.83 Å². The zero-order chi connectivity index (χ0) is 36.1. The Morgan fingerprint density at radius 3 is 1.73 bits per heavy atom. The van der Waals surface area contributed by atoms with Crippen LogP contribution in [-0.4, -0.2) is 0 Å². The highest BCUT2D eigenvalue weighted by atomic mass is 16.3. The van der Waals surface area contributed by atoms with Crippen LogP contribution >= 0.6 is 0 Å². The summed E-state index contributed by atoms with van der Waals surface area (Å²) in [6.07, 6.45) is 2.80. The third kappa shape index (κ3) is 4.31. The summed E-state index contributed by atoms with van der Waals surface area (Å²) in [7, 11) is 0. The molecule has 0 amide bonds. The summed E-state index contributed by atoms with van der Waals surface area (Å²) < 4.78 is 12.9. The van der Waals surface area contributed by atoms with Crippen molar-refractivity contribution in [2.75, 3.05) is 0 Å². The predicted molar refractivity (Wildman–Crippen MR) is 225 cm³/mol. The molecule has 55 heavy (non-hydrogen) atoms. The molecule has 2 heterocycles. The summed E-state index contributed by atoms with van der Waals surface area (Å²) in [6.45, 7) is 0. The molecular formula is C53H36O2. The molecule has 0 bridgehead atoms. The first kappa shape index (κ1) is 30.8. The van der Waals surface area contributed by atoms with E-state index in [1.54, 1.807) is 0 Å². The Morgan fingerprint density at radius 1 is 0.436 bits per heavy atom. The molecule has 0 saturated heterocycles. The lowest BCUT2D eigenvalue weighted by molar-refractivity contribution is 0.617. The summed E-state index contributed by atoms with van der Waals surface area (Å²) >= 11 is 0. The Balaban J connectivity index is 1.03. The Labute approximate surface area is 319 Å². The maximum atomic E-state index is 6.46. The van der Waals surface area contributed by atoms with Gasteiger partial charge in [0.2, 0.25) is 0 Å². The second-order valence-corrected chi connectivity index (χ2v) is 15.4. The highest BCUT2D eigenvalue weighted by Gasteiger charge is 2.52. The van der Waals surface area contributed by atoms with Crippen LogP contribution in [0.15, 0.2) is 185 Å². The van der Waals surface area contributed by atoms with Crippen LogP contribution in [0.5, 0.6) is 0 Å². The Morgan fingerprint density at radius 2 is 0.982 bits per heavy atom. The van der Waals surface area contributed by atoms with Gasteiger partial charge in [-0.15, -0.1) is 0 Å². The lowest BCUT2D eigenvalue weighted by Crippen LogP contribution is -2.27. The molecule has 8 aromatic carbocycles. The minimum absolute atomic E-state index is 0.227. The first-order valence-electron chi connectivity index (χ1n) is 19.5. The first-order chi connectivity index (χ1) is 27.3. The van der Waals surface area contributed by atoms with Crippen molar-refractivity contribution < 1.29 is 8.83 Å². The molecule has 1 spiro atoms. The van der Waals surface area contributed by atoms with E-state index in [1.807, 2.05) is 6.07 Å². The molecule has 2 aliphatic carbocycles. The molecule has 0 fully saturated rings. The van der Waals surface area contributed by atoms with Crippen molar-refractivity contribution in [3.63, 3.8) is 0 Å². The van der Waals surface area contributed by atoms with Crippen molar-refractivity contribution in [2.24, 2.45) is 0 Å². The average molecular weight is 705 g/mol. The molecule has 2 nitrogen and oxygen atoms in total. The van der Waals surface area contributed by atoms with Gasteiger partial charge in [-0.2, -0.15) is 0 Å². The molecule has 1 unspecified atom stereocenters. The molecule has 12 rings (SSSR count). The Kier molecular flexibility index (Phi) is 6.54. The van der Waals surface area contributed by atoms with Gasteiger partial charge >= 0.3 is 0 Å². The predicted octanol–water partition coefficient (Wildman–Crippen LogP) is 13.8. The van der Waals surface area contributed by atoms with Crippen LogP contribution in [-0.2, 0) is 18.3 Å². The second-order valence-electron chi connectivity index (χ2n) is 15.4. The van der Waals surface area contributed by atoms with E-state index in [0.29, 0.717) is 0 Å². The van der Waals surface area contributed by atoms with Crippen molar-refractivity contribution >= 4 is 43.9 Å². The van der Waals surface area contributed by atoms with Crippen molar-refractivity contribution in [3.05, 3.63) is 215 Å². The van der Waals surface area contributed by atoms with Crippen molar-refractivity contribution in [1.82, 2.24) is 0 Å². The van der Waals surface area contributed by atoms with E-state index >= 15 is 0 Å². The minimum Gasteiger partial charge on any atom is -0.456 e. The van der Waals surface area contributed by atoms with Crippen LogP contribution in [0.25, 0.3) is 66.1 Å². The van der Waals surface area contributed by atoms with Crippen LogP contribution in [0, 0.1) is 0 Å². The normalized spacial score (nSPS) is 14.1. The van der Waals surface area contributed by atoms with Crippen LogP contribution in [0.1, 0.15) is 51.3 Å². The van der Waals surface area contributed by atoms with E-state index in [9.17, 15) is 0 Å². The SMILES string of the molecule is c1ccc2c(c1)-c1ccccc1C21c2ccccc2-c2cccc(CCC(Cc3ccc4c(c3)oc3ccccc34)c3cccc4oc5ccccc5c34)c21. The molecular weight excluding hydrogens is 669 g/mol. The number of rotatable bonds is 6. The summed E-state index contributed by atoms with van der Waals surface area (Å²) in [4.78, 5) is 0. The van der Waals surface area contributed by atoms with Gasteiger partial charge in [0.05, 0.1) is 5.41 Å². The van der Waals surface area contributed by atoms with Gasteiger partial charge in [0.15, 0.2) is 0 Å². The largest absolute Gasteiger partial charge is 0.456 e. The second kappa shape index (κ2) is 11.7. The van der Waals surface area contributed by atoms with Crippen molar-refractivity contribution in [1.29, 1.82) is 0 Å². The van der Waals surface area contributed by atoms with Gasteiger partial charge in [0, 0.05) is 21.5 Å². The highest BCUT2D eigenvalue weighted by Crippen LogP contribution is 2.63. The van der Waals surface area contributed by atoms with E-state index in [2.05, 4.69) is 170 Å². The third-order valence-electron chi connectivity index (χ3n) is 12.7. The van der Waals surface area contributed by atoms with Gasteiger partial charge in [-0.25, -0.2) is 0 Å². The number of hydrogen-bond acceptors (Lipinski definition) is 2. The number of furan rings is 2. The van der Waals surface area contributed by atoms with Crippen LogP contribution in [0.2, 0.25) is 0 Å². The molecule has 0 N–H and O–H groups in total. The quantitative estimate of drug-likeness (QED) is 0.172. The topological polar surface area (TPSA) is 26.3 Å². The summed E-state index contributed by atoms with van der Waals surface area (Å²) in [5, 5.41) is 4.74. The third-order valence-corrected chi connectivity index (χ3v) is 12.7. The molecule has 2 aromatic heterocycles. The average Bonchev–Trinajstić information content (AvgIpc) is 3.97. The molecule has 2 aliphatic rings. The van der Waals surface area contributed by atoms with Crippen LogP contribution < -0.4 is 0 Å². The fourth-order valence-electron chi connectivity index (χ4n) is 10.5. The molecule has 1 atom stereocenters. The lowest BCUT2D eigenvalue weighted by Gasteiger charge is -2.32. The van der Waals surface area contributed by atoms with Crippen LogP contribution in [0.4, 0.5) is 0 Å². The van der Waals surface area contributed by atoms with E-state index in [-0.39, 0.29) is 11.3 Å². The first-order valence-corrected chi connectivity index (χ1v) is 19.5. The summed E-state index contributed by atoms with van der Waals surface area (Å²) in [5.74, 6) is 0.227. The summed E-state index contributed by atoms with van der Waals surface area (Å²) in [5.41, 5.74) is 18.4. The van der Waals surface area contributed by atoms with Crippen molar-refractivity contribution in [2.45, 2.75) is 30.6 Å². The number of fused-ring (bicyclic) bond motifs is 16. The monoisotopic (exact) mass is 704 g/mol. The minimum atomic E-state index is -0.363. The molecule has 0 radical (unpaired) electrons. The maximum Gasteiger partial charge on any atom is 0.135 e. The molecule has 0 aliphatic heterocycles. The van der Waals surface area contributed by atoms with Gasteiger partial charge in [0.1, 0.15) is 22.3 Å². The standard InChI is InChI=1S/C53H36O2/c1-6-21-44-37(14-1)38-15-2-7-22-45(38)53(44)46-23-8-3-16-39(46)42-20-11-13-34(52(42)53)28-29-35(36-19-12-26-49-51(36)43-18-5-10-25-48(43)54-49)31-33-27-30-41-40-17-4-9-24-47(40)55-50(41)32-33/h1-27,30,32,35H,28-29,31H2. The van der Waals surface area contributed by atoms with E-state index < -0.39 is 0 Å². The van der Waals surface area contributed by atoms with Crippen LogP contribution in [0.3, 0.4) is 0 Å². The fraction of sp³-hybridized carbons (Fsp3) is 0.0943. The number of para-hydroxylation sites is 2. The molecule has 260 valence electrons. The van der Waals surface area contributed by atoms with Gasteiger partial charge in [-0.1, -0.05) is 152 Å². The molecule has 10 aromatic rings. The highest BCUT2D eigenvalue weighted by molar-refractivity contribution is 6.07. The smallest absolute Gasteiger partial charge is 0.135 e. The number of aryl methyl sites for hydroxylation is 1. The Bertz CT molecular complexity index is 3090. The molecule has 2 heteroatoms. The van der Waals surface area contributed by atoms with Gasteiger partial charge in [0.25, 0.3) is 0 Å². The van der Waals surface area contributed by atoms with Gasteiger partial charge < -0.3 is 8.83 Å². The van der Waals surface area contributed by atoms with Gasteiger partial charge in [-0.3, -0.25) is 0 Å².